The summed E-state index contributed by atoms with van der Waals surface area (Å²) in [6.07, 6.45) is 6.77. The molecule has 7 heteroatoms. The van der Waals surface area contributed by atoms with Crippen LogP contribution in [0.1, 0.15) is 31.7 Å². The van der Waals surface area contributed by atoms with Gasteiger partial charge in [0.2, 0.25) is 0 Å². The molecule has 1 aromatic heterocycles. The van der Waals surface area contributed by atoms with Gasteiger partial charge in [0.05, 0.1) is 0 Å². The van der Waals surface area contributed by atoms with Crippen LogP contribution in [0.15, 0.2) is 41.9 Å². The predicted octanol–water partition coefficient (Wildman–Crippen LogP) is 2.20. The summed E-state index contributed by atoms with van der Waals surface area (Å²) in [6.45, 7) is 8.98. The fraction of sp³-hybridized carbons (Fsp3) is 0.550. The van der Waals surface area contributed by atoms with Crippen LogP contribution in [-0.4, -0.2) is 52.9 Å². The molecule has 146 valence electrons. The minimum absolute atomic E-state index is 0.432. The molecule has 1 unspecified atom stereocenters. The minimum Gasteiger partial charge on any atom is -0.369 e. The summed E-state index contributed by atoms with van der Waals surface area (Å²) in [7, 11) is 0. The Morgan fingerprint density at radius 1 is 1.19 bits per heavy atom. The van der Waals surface area contributed by atoms with Crippen molar-refractivity contribution >= 4 is 11.6 Å². The molecule has 2 aromatic rings. The summed E-state index contributed by atoms with van der Waals surface area (Å²) in [4.78, 5) is 7.18. The van der Waals surface area contributed by atoms with E-state index >= 15 is 0 Å². The van der Waals surface area contributed by atoms with Gasteiger partial charge in [-0.1, -0.05) is 17.7 Å². The van der Waals surface area contributed by atoms with Gasteiger partial charge in [0.15, 0.2) is 5.96 Å². The number of aromatic nitrogens is 3. The van der Waals surface area contributed by atoms with Crippen LogP contribution in [0.5, 0.6) is 0 Å². The Bertz CT molecular complexity index is 694. The van der Waals surface area contributed by atoms with Gasteiger partial charge in [0.1, 0.15) is 12.7 Å². The molecule has 0 aliphatic carbocycles. The zero-order valence-corrected chi connectivity index (χ0v) is 16.4. The summed E-state index contributed by atoms with van der Waals surface area (Å²) >= 11 is 0. The molecular weight excluding hydrogens is 338 g/mol. The maximum atomic E-state index is 4.74. The fourth-order valence-electron chi connectivity index (χ4n) is 3.32. The average molecular weight is 370 g/mol. The zero-order valence-electron chi connectivity index (χ0n) is 16.4. The van der Waals surface area contributed by atoms with Crippen molar-refractivity contribution in [1.82, 2.24) is 25.4 Å². The van der Waals surface area contributed by atoms with E-state index in [2.05, 4.69) is 63.8 Å². The second-order valence-electron chi connectivity index (χ2n) is 7.08. The number of hydrogen-bond donors (Lipinski definition) is 2. The molecule has 1 fully saturated rings. The smallest absolute Gasteiger partial charge is 0.191 e. The van der Waals surface area contributed by atoms with Crippen molar-refractivity contribution in [3.8, 4) is 0 Å². The molecule has 1 atom stereocenters. The molecule has 1 aliphatic rings. The van der Waals surface area contributed by atoms with Crippen LogP contribution in [-0.2, 0) is 6.54 Å². The van der Waals surface area contributed by atoms with Crippen molar-refractivity contribution in [3.05, 3.63) is 42.5 Å². The van der Waals surface area contributed by atoms with E-state index in [9.17, 15) is 0 Å². The van der Waals surface area contributed by atoms with E-state index in [1.807, 2.05) is 4.57 Å². The quantitative estimate of drug-likeness (QED) is 0.424. The molecule has 1 aromatic carbocycles. The van der Waals surface area contributed by atoms with Crippen molar-refractivity contribution in [2.45, 2.75) is 45.7 Å². The van der Waals surface area contributed by atoms with E-state index in [1.165, 1.54) is 11.3 Å². The van der Waals surface area contributed by atoms with Crippen molar-refractivity contribution in [2.24, 2.45) is 4.99 Å². The Labute approximate surface area is 161 Å². The third-order valence-corrected chi connectivity index (χ3v) is 4.83. The number of aryl methyl sites for hydroxylation is 2. The van der Waals surface area contributed by atoms with Crippen LogP contribution >= 0.6 is 0 Å². The lowest BCUT2D eigenvalue weighted by Gasteiger charge is -2.20. The van der Waals surface area contributed by atoms with Crippen LogP contribution in [0, 0.1) is 6.92 Å². The number of guanidine groups is 1. The molecule has 1 aliphatic heterocycles. The topological polar surface area (TPSA) is 70.4 Å². The normalized spacial score (nSPS) is 17.3. The fourth-order valence-corrected chi connectivity index (χ4v) is 3.32. The monoisotopic (exact) mass is 369 g/mol. The first kappa shape index (κ1) is 19.2. The predicted molar refractivity (Wildman–Crippen MR) is 110 cm³/mol. The molecule has 0 bridgehead atoms. The number of benzene rings is 1. The first-order valence-electron chi connectivity index (χ1n) is 9.93. The lowest BCUT2D eigenvalue weighted by Crippen LogP contribution is -2.44. The second kappa shape index (κ2) is 9.94. The molecule has 2 N–H and O–H groups in total. The largest absolute Gasteiger partial charge is 0.369 e. The Kier molecular flexibility index (Phi) is 7.07. The van der Waals surface area contributed by atoms with Crippen LogP contribution in [0.25, 0.3) is 0 Å². The Morgan fingerprint density at radius 3 is 2.70 bits per heavy atom. The molecule has 7 nitrogen and oxygen atoms in total. The maximum Gasteiger partial charge on any atom is 0.191 e. The van der Waals surface area contributed by atoms with Gasteiger partial charge in [-0.3, -0.25) is 4.99 Å². The molecule has 0 saturated carbocycles. The van der Waals surface area contributed by atoms with Crippen LogP contribution < -0.4 is 15.5 Å². The number of nitrogens with zero attached hydrogens (tertiary/aromatic N) is 5. The van der Waals surface area contributed by atoms with Crippen molar-refractivity contribution in [2.75, 3.05) is 31.1 Å². The van der Waals surface area contributed by atoms with Crippen molar-refractivity contribution in [3.63, 3.8) is 0 Å². The first-order chi connectivity index (χ1) is 13.2. The molecule has 27 heavy (non-hydrogen) atoms. The third kappa shape index (κ3) is 5.98. The summed E-state index contributed by atoms with van der Waals surface area (Å²) in [5.74, 6) is 0.928. The Balaban J connectivity index is 1.43. The highest BCUT2D eigenvalue weighted by atomic mass is 15.2. The number of nitrogens with one attached hydrogen (secondary N) is 2. The lowest BCUT2D eigenvalue weighted by molar-refractivity contribution is 0.607. The molecule has 0 radical (unpaired) electrons. The maximum absolute atomic E-state index is 4.74. The van der Waals surface area contributed by atoms with E-state index in [0.29, 0.717) is 6.04 Å². The number of anilines is 1. The van der Waals surface area contributed by atoms with Gasteiger partial charge in [-0.05, 0) is 45.2 Å². The number of unbranched alkanes of at least 4 members (excludes halogenated alkanes) is 1. The summed E-state index contributed by atoms with van der Waals surface area (Å²) in [6, 6.07) is 9.23. The SMILES string of the molecule is CCNC(=NCCCCn1cnnc1)NC1CCN(c2ccc(C)cc2)C1. The Hall–Kier alpha value is -2.57. The minimum atomic E-state index is 0.432. The van der Waals surface area contributed by atoms with E-state index in [4.69, 9.17) is 4.99 Å². The first-order valence-corrected chi connectivity index (χ1v) is 9.93. The standard InChI is InChI=1S/C20H31N7/c1-3-21-20(22-11-4-5-12-26-15-23-24-16-26)25-18-10-13-27(14-18)19-8-6-17(2)7-9-19/h6-9,15-16,18H,3-5,10-14H2,1-2H3,(H2,21,22,25). The average Bonchev–Trinajstić information content (AvgIpc) is 3.34. The highest BCUT2D eigenvalue weighted by Gasteiger charge is 2.23. The van der Waals surface area contributed by atoms with Crippen molar-refractivity contribution < 1.29 is 0 Å². The summed E-state index contributed by atoms with van der Waals surface area (Å²) in [5, 5.41) is 14.6. The highest BCUT2D eigenvalue weighted by Crippen LogP contribution is 2.20. The van der Waals surface area contributed by atoms with Crippen molar-refractivity contribution in [1.29, 1.82) is 0 Å². The second-order valence-corrected chi connectivity index (χ2v) is 7.08. The number of aliphatic imine (C=N–C) groups is 1. The van der Waals surface area contributed by atoms with Gasteiger partial charge < -0.3 is 20.1 Å². The molecule has 0 amide bonds. The van der Waals surface area contributed by atoms with E-state index < -0.39 is 0 Å². The van der Waals surface area contributed by atoms with Crippen LogP contribution in [0.3, 0.4) is 0 Å². The zero-order chi connectivity index (χ0) is 18.9. The number of rotatable bonds is 8. The third-order valence-electron chi connectivity index (χ3n) is 4.83. The van der Waals surface area contributed by atoms with Gasteiger partial charge in [0.25, 0.3) is 0 Å². The van der Waals surface area contributed by atoms with Gasteiger partial charge in [0, 0.05) is 44.5 Å². The van der Waals surface area contributed by atoms with E-state index in [1.54, 1.807) is 12.7 Å². The highest BCUT2D eigenvalue weighted by molar-refractivity contribution is 5.80. The van der Waals surface area contributed by atoms with Gasteiger partial charge in [-0.2, -0.15) is 0 Å². The van der Waals surface area contributed by atoms with E-state index in [-0.39, 0.29) is 0 Å². The number of hydrogen-bond acceptors (Lipinski definition) is 4. The van der Waals surface area contributed by atoms with Gasteiger partial charge in [-0.25, -0.2) is 0 Å². The Morgan fingerprint density at radius 2 is 1.96 bits per heavy atom. The molecule has 2 heterocycles. The van der Waals surface area contributed by atoms with Crippen LogP contribution in [0.4, 0.5) is 5.69 Å². The molecular formula is C20H31N7. The van der Waals surface area contributed by atoms with E-state index in [0.717, 1.165) is 57.9 Å². The van der Waals surface area contributed by atoms with Crippen LogP contribution in [0.2, 0.25) is 0 Å². The van der Waals surface area contributed by atoms with Gasteiger partial charge in [-0.15, -0.1) is 10.2 Å². The molecule has 0 spiro atoms. The molecule has 3 rings (SSSR count). The summed E-state index contributed by atoms with van der Waals surface area (Å²) in [5.41, 5.74) is 2.61. The molecule has 1 saturated heterocycles. The summed E-state index contributed by atoms with van der Waals surface area (Å²) < 4.78 is 2.01. The lowest BCUT2D eigenvalue weighted by atomic mass is 10.2. The van der Waals surface area contributed by atoms with Gasteiger partial charge >= 0.3 is 0 Å².